The van der Waals surface area contributed by atoms with Crippen molar-refractivity contribution in [3.05, 3.63) is 46.6 Å². The smallest absolute Gasteiger partial charge is 0.416 e. The van der Waals surface area contributed by atoms with E-state index in [0.717, 1.165) is 17.7 Å². The molecule has 0 atom stereocenters. The van der Waals surface area contributed by atoms with Crippen LogP contribution in [-0.4, -0.2) is 12.1 Å². The molecule has 0 spiro atoms. The Labute approximate surface area is 124 Å². The summed E-state index contributed by atoms with van der Waals surface area (Å²) in [4.78, 5) is 3.73. The molecule has 21 heavy (non-hydrogen) atoms. The topological polar surface area (TPSA) is 31.4 Å². The first-order valence-corrected chi connectivity index (χ1v) is 6.24. The van der Waals surface area contributed by atoms with E-state index < -0.39 is 11.7 Å². The van der Waals surface area contributed by atoms with Crippen molar-refractivity contribution in [2.24, 2.45) is 0 Å². The second-order valence-corrected chi connectivity index (χ2v) is 4.66. The predicted molar refractivity (Wildman–Crippen MR) is 72.1 cm³/mol. The van der Waals surface area contributed by atoms with Crippen LogP contribution in [-0.2, 0) is 6.18 Å². The fourth-order valence-corrected chi connectivity index (χ4v) is 1.86. The van der Waals surface area contributed by atoms with Crippen molar-refractivity contribution in [1.82, 2.24) is 4.98 Å². The van der Waals surface area contributed by atoms with Crippen molar-refractivity contribution < 1.29 is 22.6 Å². The number of hydrogen-bond acceptors (Lipinski definition) is 3. The second kappa shape index (κ2) is 5.81. The van der Waals surface area contributed by atoms with Gasteiger partial charge in [0.2, 0.25) is 5.88 Å². The lowest BCUT2D eigenvalue weighted by Crippen LogP contribution is -2.06. The van der Waals surface area contributed by atoms with Gasteiger partial charge in [0.15, 0.2) is 11.5 Å². The number of pyridine rings is 1. The Bertz CT molecular complexity index is 659. The van der Waals surface area contributed by atoms with E-state index >= 15 is 0 Å². The third-order valence-corrected chi connectivity index (χ3v) is 2.83. The van der Waals surface area contributed by atoms with Crippen molar-refractivity contribution in [3.63, 3.8) is 0 Å². The molecule has 0 radical (unpaired) electrons. The molecular formula is C14H11ClF3NO2. The molecular weight excluding hydrogens is 307 g/mol. The largest absolute Gasteiger partial charge is 0.493 e. The molecule has 0 aliphatic heterocycles. The molecule has 0 saturated carbocycles. The molecule has 0 aliphatic rings. The number of alkyl halides is 3. The molecule has 0 bridgehead atoms. The van der Waals surface area contributed by atoms with Crippen molar-refractivity contribution in [2.45, 2.75) is 13.1 Å². The van der Waals surface area contributed by atoms with Crippen LogP contribution in [0.1, 0.15) is 11.1 Å². The van der Waals surface area contributed by atoms with Gasteiger partial charge < -0.3 is 9.47 Å². The Morgan fingerprint density at radius 3 is 2.43 bits per heavy atom. The van der Waals surface area contributed by atoms with E-state index in [1.807, 2.05) is 6.92 Å². The summed E-state index contributed by atoms with van der Waals surface area (Å²) in [6, 6.07) is 6.55. The summed E-state index contributed by atoms with van der Waals surface area (Å²) in [5.74, 6) is 0.397. The average Bonchev–Trinajstić information content (AvgIpc) is 2.39. The Balaban J connectivity index is 2.38. The standard InChI is InChI=1S/C14H11ClF3NO2/c1-8-3-4-10(11(5-8)20-2)21-13-7-9(14(16,17)18)6-12(15)19-13/h3-7H,1-2H3. The van der Waals surface area contributed by atoms with E-state index in [4.69, 9.17) is 21.1 Å². The first kappa shape index (κ1) is 15.4. The minimum Gasteiger partial charge on any atom is -0.493 e. The lowest BCUT2D eigenvalue weighted by atomic mass is 10.2. The van der Waals surface area contributed by atoms with E-state index in [1.165, 1.54) is 7.11 Å². The Morgan fingerprint density at radius 1 is 1.10 bits per heavy atom. The van der Waals surface area contributed by atoms with Gasteiger partial charge >= 0.3 is 6.18 Å². The third kappa shape index (κ3) is 3.78. The maximum atomic E-state index is 12.7. The molecule has 0 N–H and O–H groups in total. The van der Waals surface area contributed by atoms with E-state index in [9.17, 15) is 13.2 Å². The van der Waals surface area contributed by atoms with Gasteiger partial charge in [-0.3, -0.25) is 0 Å². The Kier molecular flexibility index (Phi) is 4.27. The maximum absolute atomic E-state index is 12.7. The third-order valence-electron chi connectivity index (χ3n) is 2.63. The number of methoxy groups -OCH3 is 1. The number of halogens is 4. The molecule has 2 aromatic rings. The second-order valence-electron chi connectivity index (χ2n) is 4.27. The number of nitrogens with zero attached hydrogens (tertiary/aromatic N) is 1. The van der Waals surface area contributed by atoms with Gasteiger partial charge in [0, 0.05) is 6.07 Å². The highest BCUT2D eigenvalue weighted by Crippen LogP contribution is 2.36. The van der Waals surface area contributed by atoms with E-state index in [0.29, 0.717) is 5.75 Å². The van der Waals surface area contributed by atoms with Gasteiger partial charge in [-0.2, -0.15) is 13.2 Å². The van der Waals surface area contributed by atoms with E-state index in [2.05, 4.69) is 4.98 Å². The fourth-order valence-electron chi connectivity index (χ4n) is 1.66. The molecule has 1 heterocycles. The highest BCUT2D eigenvalue weighted by atomic mass is 35.5. The van der Waals surface area contributed by atoms with Crippen LogP contribution in [0.15, 0.2) is 30.3 Å². The zero-order valence-corrected chi connectivity index (χ0v) is 11.9. The van der Waals surface area contributed by atoms with Crippen LogP contribution in [0.4, 0.5) is 13.2 Å². The maximum Gasteiger partial charge on any atom is 0.416 e. The highest BCUT2D eigenvalue weighted by molar-refractivity contribution is 6.29. The van der Waals surface area contributed by atoms with Crippen LogP contribution < -0.4 is 9.47 Å². The summed E-state index contributed by atoms with van der Waals surface area (Å²) < 4.78 is 48.6. The molecule has 1 aromatic carbocycles. The Morgan fingerprint density at radius 2 is 1.81 bits per heavy atom. The zero-order chi connectivity index (χ0) is 15.6. The van der Waals surface area contributed by atoms with Crippen molar-refractivity contribution in [2.75, 3.05) is 7.11 Å². The monoisotopic (exact) mass is 317 g/mol. The minimum absolute atomic E-state index is 0.253. The molecule has 3 nitrogen and oxygen atoms in total. The summed E-state index contributed by atoms with van der Waals surface area (Å²) in [7, 11) is 1.44. The number of benzene rings is 1. The normalized spacial score (nSPS) is 11.3. The number of aryl methyl sites for hydroxylation is 1. The first-order chi connectivity index (χ1) is 9.79. The summed E-state index contributed by atoms with van der Waals surface area (Å²) in [6.07, 6.45) is -4.53. The van der Waals surface area contributed by atoms with Crippen molar-refractivity contribution in [3.8, 4) is 17.4 Å². The quantitative estimate of drug-likeness (QED) is 0.757. The van der Waals surface area contributed by atoms with Crippen LogP contribution in [0.2, 0.25) is 5.15 Å². The van der Waals surface area contributed by atoms with Gasteiger partial charge in [-0.15, -0.1) is 0 Å². The number of rotatable bonds is 3. The lowest BCUT2D eigenvalue weighted by Gasteiger charge is -2.12. The molecule has 0 fully saturated rings. The minimum atomic E-state index is -4.53. The molecule has 7 heteroatoms. The van der Waals surface area contributed by atoms with E-state index in [-0.39, 0.29) is 16.8 Å². The molecule has 2 rings (SSSR count). The van der Waals surface area contributed by atoms with Crippen molar-refractivity contribution in [1.29, 1.82) is 0 Å². The van der Waals surface area contributed by atoms with Crippen LogP contribution in [0.25, 0.3) is 0 Å². The summed E-state index contributed by atoms with van der Waals surface area (Å²) in [6.45, 7) is 1.85. The molecule has 0 amide bonds. The molecule has 0 saturated heterocycles. The van der Waals surface area contributed by atoms with Gasteiger partial charge in [-0.1, -0.05) is 17.7 Å². The fraction of sp³-hybridized carbons (Fsp3) is 0.214. The van der Waals surface area contributed by atoms with Gasteiger partial charge in [0.25, 0.3) is 0 Å². The van der Waals surface area contributed by atoms with Crippen LogP contribution in [0, 0.1) is 6.92 Å². The van der Waals surface area contributed by atoms with Crippen LogP contribution in [0.5, 0.6) is 17.4 Å². The number of hydrogen-bond donors (Lipinski definition) is 0. The van der Waals surface area contributed by atoms with Gasteiger partial charge in [0.1, 0.15) is 5.15 Å². The van der Waals surface area contributed by atoms with E-state index in [1.54, 1.807) is 18.2 Å². The summed E-state index contributed by atoms with van der Waals surface area (Å²) >= 11 is 5.60. The zero-order valence-electron chi connectivity index (χ0n) is 11.2. The Hall–Kier alpha value is -1.95. The summed E-state index contributed by atoms with van der Waals surface area (Å²) in [5.41, 5.74) is -0.00203. The van der Waals surface area contributed by atoms with Crippen LogP contribution in [0.3, 0.4) is 0 Å². The van der Waals surface area contributed by atoms with Gasteiger partial charge in [-0.05, 0) is 30.7 Å². The predicted octanol–water partition coefficient (Wildman–Crippen LogP) is 4.86. The summed E-state index contributed by atoms with van der Waals surface area (Å²) in [5, 5.41) is -0.300. The highest BCUT2D eigenvalue weighted by Gasteiger charge is 2.32. The molecule has 112 valence electrons. The molecule has 0 aliphatic carbocycles. The molecule has 0 unspecified atom stereocenters. The van der Waals surface area contributed by atoms with Gasteiger partial charge in [0.05, 0.1) is 12.7 Å². The van der Waals surface area contributed by atoms with Gasteiger partial charge in [-0.25, -0.2) is 4.98 Å². The van der Waals surface area contributed by atoms with Crippen LogP contribution >= 0.6 is 11.6 Å². The molecule has 1 aromatic heterocycles. The average molecular weight is 318 g/mol. The number of aromatic nitrogens is 1. The lowest BCUT2D eigenvalue weighted by molar-refractivity contribution is -0.137. The number of ether oxygens (including phenoxy) is 2. The van der Waals surface area contributed by atoms with Crippen molar-refractivity contribution >= 4 is 11.6 Å². The SMILES string of the molecule is COc1cc(C)ccc1Oc1cc(C(F)(F)F)cc(Cl)n1. The first-order valence-electron chi connectivity index (χ1n) is 5.87.